The highest BCUT2D eigenvalue weighted by Gasteiger charge is 2.18. The van der Waals surface area contributed by atoms with Crippen LogP contribution in [0, 0.1) is 0 Å². The highest BCUT2D eigenvalue weighted by Crippen LogP contribution is 2.27. The third-order valence-corrected chi connectivity index (χ3v) is 8.18. The summed E-state index contributed by atoms with van der Waals surface area (Å²) in [5.41, 5.74) is 2.66. The van der Waals surface area contributed by atoms with Crippen molar-refractivity contribution in [3.8, 4) is 11.3 Å². The van der Waals surface area contributed by atoms with E-state index in [2.05, 4.69) is 10.3 Å². The van der Waals surface area contributed by atoms with Crippen molar-refractivity contribution in [1.29, 1.82) is 0 Å². The van der Waals surface area contributed by atoms with Gasteiger partial charge < -0.3 is 5.32 Å². The molecule has 0 fully saturated rings. The molecule has 0 saturated carbocycles. The number of hydrogen-bond acceptors (Lipinski definition) is 6. The van der Waals surface area contributed by atoms with E-state index in [9.17, 15) is 13.2 Å². The van der Waals surface area contributed by atoms with Crippen molar-refractivity contribution in [2.24, 2.45) is 0 Å². The number of nitrogens with one attached hydrogen (secondary N) is 1. The standard InChI is InChI=1S/C21H23N3O3S3/c1-15(28-13-16-7-5-4-6-8-16)20(25)23-21-22-19(14-29-21)17-9-11-18(12-10-17)30(26,27)24(2)3/h4-12,14-15H,13H2,1-3H3,(H,22,23,25). The van der Waals surface area contributed by atoms with Gasteiger partial charge in [0.25, 0.3) is 0 Å². The van der Waals surface area contributed by atoms with Crippen LogP contribution in [0.2, 0.25) is 0 Å². The van der Waals surface area contributed by atoms with Crippen molar-refractivity contribution in [3.05, 3.63) is 65.5 Å². The van der Waals surface area contributed by atoms with Gasteiger partial charge in [-0.1, -0.05) is 42.5 Å². The zero-order chi connectivity index (χ0) is 21.7. The molecule has 0 aliphatic rings. The SMILES string of the molecule is CC(SCc1ccccc1)C(=O)Nc1nc(-c2ccc(S(=O)(=O)N(C)C)cc2)cs1. The van der Waals surface area contributed by atoms with E-state index in [1.165, 1.54) is 35.3 Å². The summed E-state index contributed by atoms with van der Waals surface area (Å²) < 4.78 is 25.5. The van der Waals surface area contributed by atoms with Crippen molar-refractivity contribution in [1.82, 2.24) is 9.29 Å². The van der Waals surface area contributed by atoms with Crippen molar-refractivity contribution in [2.45, 2.75) is 22.8 Å². The number of sulfonamides is 1. The summed E-state index contributed by atoms with van der Waals surface area (Å²) >= 11 is 2.91. The Labute approximate surface area is 185 Å². The minimum Gasteiger partial charge on any atom is -0.301 e. The van der Waals surface area contributed by atoms with Crippen LogP contribution >= 0.6 is 23.1 Å². The average Bonchev–Trinajstić information content (AvgIpc) is 3.21. The zero-order valence-electron chi connectivity index (χ0n) is 16.9. The van der Waals surface area contributed by atoms with Crippen molar-refractivity contribution in [3.63, 3.8) is 0 Å². The molecule has 1 amide bonds. The van der Waals surface area contributed by atoms with Crippen LogP contribution in [0.5, 0.6) is 0 Å². The molecule has 3 rings (SSSR count). The molecule has 0 aliphatic heterocycles. The fourth-order valence-electron chi connectivity index (χ4n) is 2.55. The summed E-state index contributed by atoms with van der Waals surface area (Å²) in [6.07, 6.45) is 0. The summed E-state index contributed by atoms with van der Waals surface area (Å²) in [6.45, 7) is 1.88. The molecule has 2 aromatic carbocycles. The molecule has 0 radical (unpaired) electrons. The van der Waals surface area contributed by atoms with Gasteiger partial charge in [-0.25, -0.2) is 17.7 Å². The smallest absolute Gasteiger partial charge is 0.242 e. The van der Waals surface area contributed by atoms with Crippen LogP contribution in [-0.2, 0) is 20.6 Å². The van der Waals surface area contributed by atoms with E-state index in [1.54, 1.807) is 36.0 Å². The Balaban J connectivity index is 1.61. The number of aromatic nitrogens is 1. The van der Waals surface area contributed by atoms with E-state index in [1.807, 2.05) is 42.6 Å². The molecule has 6 nitrogen and oxygen atoms in total. The molecule has 30 heavy (non-hydrogen) atoms. The van der Waals surface area contributed by atoms with E-state index in [0.717, 1.165) is 11.3 Å². The Hall–Kier alpha value is -2.20. The topological polar surface area (TPSA) is 79.4 Å². The van der Waals surface area contributed by atoms with Gasteiger partial charge in [-0.3, -0.25) is 4.79 Å². The molecule has 0 aliphatic carbocycles. The van der Waals surface area contributed by atoms with Gasteiger partial charge in [0.2, 0.25) is 15.9 Å². The monoisotopic (exact) mass is 461 g/mol. The lowest BCUT2D eigenvalue weighted by Gasteiger charge is -2.11. The molecular formula is C21H23N3O3S3. The molecule has 3 aromatic rings. The lowest BCUT2D eigenvalue weighted by molar-refractivity contribution is -0.115. The highest BCUT2D eigenvalue weighted by molar-refractivity contribution is 7.99. The number of thioether (sulfide) groups is 1. The molecule has 0 spiro atoms. The predicted octanol–water partition coefficient (Wildman–Crippen LogP) is 4.32. The Morgan fingerprint density at radius 1 is 1.13 bits per heavy atom. The second kappa shape index (κ2) is 9.74. The van der Waals surface area contributed by atoms with Gasteiger partial charge in [0, 0.05) is 30.8 Å². The maximum Gasteiger partial charge on any atom is 0.242 e. The predicted molar refractivity (Wildman–Crippen MR) is 124 cm³/mol. The lowest BCUT2D eigenvalue weighted by atomic mass is 10.2. The molecule has 9 heteroatoms. The van der Waals surface area contributed by atoms with Crippen LogP contribution < -0.4 is 5.32 Å². The van der Waals surface area contributed by atoms with Crippen LogP contribution in [0.15, 0.2) is 64.9 Å². The van der Waals surface area contributed by atoms with Crippen LogP contribution in [0.4, 0.5) is 5.13 Å². The third-order valence-electron chi connectivity index (χ3n) is 4.38. The summed E-state index contributed by atoms with van der Waals surface area (Å²) in [4.78, 5) is 17.2. The largest absolute Gasteiger partial charge is 0.301 e. The van der Waals surface area contributed by atoms with Crippen LogP contribution in [-0.4, -0.2) is 43.0 Å². The number of carbonyl (C=O) groups is 1. The van der Waals surface area contributed by atoms with E-state index in [-0.39, 0.29) is 16.1 Å². The molecule has 1 aromatic heterocycles. The number of amides is 1. The molecule has 158 valence electrons. The van der Waals surface area contributed by atoms with Crippen LogP contribution in [0.25, 0.3) is 11.3 Å². The Morgan fingerprint density at radius 3 is 2.43 bits per heavy atom. The van der Waals surface area contributed by atoms with Gasteiger partial charge in [-0.2, -0.15) is 0 Å². The Kier molecular flexibility index (Phi) is 7.30. The summed E-state index contributed by atoms with van der Waals surface area (Å²) in [5.74, 6) is 0.671. The molecule has 0 saturated heterocycles. The van der Waals surface area contributed by atoms with Crippen molar-refractivity contribution in [2.75, 3.05) is 19.4 Å². The first kappa shape index (κ1) is 22.5. The second-order valence-electron chi connectivity index (χ2n) is 6.78. The molecular weight excluding hydrogens is 438 g/mol. The maximum absolute atomic E-state index is 12.5. The van der Waals surface area contributed by atoms with Crippen molar-refractivity contribution >= 4 is 44.2 Å². The van der Waals surface area contributed by atoms with E-state index in [4.69, 9.17) is 0 Å². The van der Waals surface area contributed by atoms with Gasteiger partial charge >= 0.3 is 0 Å². The van der Waals surface area contributed by atoms with E-state index in [0.29, 0.717) is 10.8 Å². The van der Waals surface area contributed by atoms with Gasteiger partial charge in [0.15, 0.2) is 5.13 Å². The number of nitrogens with zero attached hydrogens (tertiary/aromatic N) is 2. The fourth-order valence-corrected chi connectivity index (χ4v) is 5.02. The zero-order valence-corrected chi connectivity index (χ0v) is 19.4. The van der Waals surface area contributed by atoms with E-state index < -0.39 is 10.0 Å². The molecule has 1 atom stereocenters. The average molecular weight is 462 g/mol. The van der Waals surface area contributed by atoms with Gasteiger partial charge in [0.1, 0.15) is 0 Å². The van der Waals surface area contributed by atoms with E-state index >= 15 is 0 Å². The molecule has 1 heterocycles. The molecule has 0 bridgehead atoms. The second-order valence-corrected chi connectivity index (χ2v) is 11.1. The highest BCUT2D eigenvalue weighted by atomic mass is 32.2. The quantitative estimate of drug-likeness (QED) is 0.540. The fraction of sp³-hybridized carbons (Fsp3) is 0.238. The molecule has 1 N–H and O–H groups in total. The normalized spacial score (nSPS) is 12.7. The summed E-state index contributed by atoms with van der Waals surface area (Å²) in [6, 6.07) is 16.6. The van der Waals surface area contributed by atoms with Gasteiger partial charge in [-0.05, 0) is 24.6 Å². The van der Waals surface area contributed by atoms with Crippen molar-refractivity contribution < 1.29 is 13.2 Å². The number of anilines is 1. The maximum atomic E-state index is 12.5. The first-order valence-corrected chi connectivity index (χ1v) is 12.6. The van der Waals surface area contributed by atoms with Crippen LogP contribution in [0.3, 0.4) is 0 Å². The minimum absolute atomic E-state index is 0.0933. The first-order chi connectivity index (χ1) is 14.3. The number of rotatable bonds is 8. The number of thiazole rings is 1. The lowest BCUT2D eigenvalue weighted by Crippen LogP contribution is -2.22. The Bertz CT molecular complexity index is 1100. The summed E-state index contributed by atoms with van der Waals surface area (Å²) in [5, 5.41) is 5.01. The Morgan fingerprint density at radius 2 is 1.80 bits per heavy atom. The number of hydrogen-bond donors (Lipinski definition) is 1. The first-order valence-electron chi connectivity index (χ1n) is 9.22. The summed E-state index contributed by atoms with van der Waals surface area (Å²) in [7, 11) is -0.470. The van der Waals surface area contributed by atoms with Crippen LogP contribution in [0.1, 0.15) is 12.5 Å². The third kappa shape index (κ3) is 5.48. The molecule has 1 unspecified atom stereocenters. The number of benzene rings is 2. The van der Waals surface area contributed by atoms with Gasteiger partial charge in [0.05, 0.1) is 15.8 Å². The minimum atomic E-state index is -3.47. The number of carbonyl (C=O) groups excluding carboxylic acids is 1. The van der Waals surface area contributed by atoms with Gasteiger partial charge in [-0.15, -0.1) is 23.1 Å².